The van der Waals surface area contributed by atoms with E-state index in [1.807, 2.05) is 0 Å². The van der Waals surface area contributed by atoms with Crippen LogP contribution in [0.4, 0.5) is 0 Å². The van der Waals surface area contributed by atoms with E-state index in [2.05, 4.69) is 0 Å². The third-order valence-corrected chi connectivity index (χ3v) is 0. The van der Waals surface area contributed by atoms with Crippen molar-refractivity contribution >= 4 is 57.9 Å². The fraction of sp³-hybridized carbons (Fsp3) is 0. The molecule has 1 radical (unpaired) electrons. The molecular weight excluding hydrogens is 318 g/mol. The Morgan fingerprint density at radius 3 is 1.00 bits per heavy atom. The van der Waals surface area contributed by atoms with E-state index in [0.717, 1.165) is 0 Å². The van der Waals surface area contributed by atoms with Crippen molar-refractivity contribution in [1.82, 2.24) is 0 Å². The minimum absolute atomic E-state index is 0. The maximum Gasteiger partial charge on any atom is 2.00 e. The summed E-state index contributed by atoms with van der Waals surface area (Å²) in [5.41, 5.74) is 0. The predicted molar refractivity (Wildman–Crippen MR) is 22.6 cm³/mol. The van der Waals surface area contributed by atoms with Gasteiger partial charge in [0.25, 0.3) is 0 Å². The first kappa shape index (κ1) is 16.4. The van der Waals surface area contributed by atoms with Crippen LogP contribution in [0.5, 0.6) is 0 Å². The third kappa shape index (κ3) is 53.0. The molecule has 0 bridgehead atoms. The van der Waals surface area contributed by atoms with E-state index in [1.54, 1.807) is 0 Å². The summed E-state index contributed by atoms with van der Waals surface area (Å²) in [5, 5.41) is 0. The molecule has 0 atom stereocenters. The summed E-state index contributed by atoms with van der Waals surface area (Å²) in [5.74, 6) is 0. The molecule has 0 rings (SSSR count). The summed E-state index contributed by atoms with van der Waals surface area (Å²) in [6.45, 7) is 0. The summed E-state index contributed by atoms with van der Waals surface area (Å²) < 4.78 is 0. The van der Waals surface area contributed by atoms with Gasteiger partial charge in [0.05, 0.1) is 0 Å². The Kier molecular flexibility index (Phi) is 16.0. The standard InChI is InChI=1S/Ba.H4O4Si.Y.2H/c;1-5(2,3)4;;;/h;1-4H;;;/q+2;;;2*-1. The topological polar surface area (TPSA) is 80.9 Å². The first-order valence-corrected chi connectivity index (χ1v) is 2.68. The summed E-state index contributed by atoms with van der Waals surface area (Å²) in [4.78, 5) is 29.3. The predicted octanol–water partition coefficient (Wildman–Crippen LogP) is -2.77. The fourth-order valence-corrected chi connectivity index (χ4v) is 0. The van der Waals surface area contributed by atoms with Crippen LogP contribution in [-0.4, -0.2) is 77.1 Å². The van der Waals surface area contributed by atoms with E-state index in [0.29, 0.717) is 0 Å². The molecule has 0 aromatic rings. The van der Waals surface area contributed by atoms with Gasteiger partial charge in [0.15, 0.2) is 0 Å². The van der Waals surface area contributed by atoms with E-state index in [-0.39, 0.29) is 84.4 Å². The van der Waals surface area contributed by atoms with Gasteiger partial charge < -0.3 is 22.0 Å². The Hall–Kier alpha value is 2.73. The molecule has 0 aliphatic carbocycles. The molecule has 0 aliphatic rings. The van der Waals surface area contributed by atoms with Gasteiger partial charge in [-0.05, 0) is 0 Å². The molecule has 0 unspecified atom stereocenters. The zero-order chi connectivity index (χ0) is 4.50. The summed E-state index contributed by atoms with van der Waals surface area (Å²) in [7, 11) is -4.61. The van der Waals surface area contributed by atoms with Gasteiger partial charge in [-0.2, -0.15) is 0 Å². The molecule has 4 N–H and O–H groups in total. The maximum absolute atomic E-state index is 7.33. The fourth-order valence-electron chi connectivity index (χ4n) is 0. The molecular formula is H6BaO4SiY. The van der Waals surface area contributed by atoms with E-state index < -0.39 is 9.05 Å². The van der Waals surface area contributed by atoms with Crippen LogP contribution in [0, 0.1) is 0 Å². The van der Waals surface area contributed by atoms with E-state index in [4.69, 9.17) is 19.2 Å². The van der Waals surface area contributed by atoms with Crippen molar-refractivity contribution in [2.75, 3.05) is 0 Å². The van der Waals surface area contributed by atoms with Crippen molar-refractivity contribution in [3.8, 4) is 0 Å². The van der Waals surface area contributed by atoms with E-state index >= 15 is 0 Å². The molecule has 0 fully saturated rings. The second-order valence-corrected chi connectivity index (χ2v) is 1.80. The smallest absolute Gasteiger partial charge is 1.00 e. The molecule has 0 aromatic carbocycles. The number of hydrogen-bond acceptors (Lipinski definition) is 4. The van der Waals surface area contributed by atoms with Crippen molar-refractivity contribution in [1.29, 1.82) is 0 Å². The van der Waals surface area contributed by atoms with Gasteiger partial charge in [-0.1, -0.05) is 0 Å². The molecule has 4 nitrogen and oxygen atoms in total. The third-order valence-electron chi connectivity index (χ3n) is 0. The van der Waals surface area contributed by atoms with Crippen LogP contribution in [0.25, 0.3) is 0 Å². The van der Waals surface area contributed by atoms with Crippen LogP contribution in [0.3, 0.4) is 0 Å². The first-order valence-electron chi connectivity index (χ1n) is 0.894. The Bertz CT molecular complexity index is 34.0. The van der Waals surface area contributed by atoms with Crippen LogP contribution in [0.1, 0.15) is 2.85 Å². The Morgan fingerprint density at radius 2 is 1.00 bits per heavy atom. The zero-order valence-corrected chi connectivity index (χ0v) is 11.9. The SMILES string of the molecule is O[Si](O)(O)O.[Ba+2].[H-].[H-].[Y]. The Balaban J connectivity index is -0.0000000133. The number of hydrogen-bond donors (Lipinski definition) is 4. The largest absolute Gasteiger partial charge is 2.00 e. The van der Waals surface area contributed by atoms with Crippen LogP contribution in [-0.2, 0) is 32.7 Å². The van der Waals surface area contributed by atoms with Gasteiger partial charge in [0.2, 0.25) is 0 Å². The minimum Gasteiger partial charge on any atom is -1.00 e. The average molecular weight is 324 g/mol. The molecule has 0 aliphatic heterocycles. The summed E-state index contributed by atoms with van der Waals surface area (Å²) in [6.07, 6.45) is 0. The molecule has 7 heteroatoms. The van der Waals surface area contributed by atoms with Gasteiger partial charge in [-0.25, -0.2) is 0 Å². The average Bonchev–Trinajstić information content (AvgIpc) is 0.722. The van der Waals surface area contributed by atoms with Crippen LogP contribution in [0.15, 0.2) is 0 Å². The molecule has 0 saturated carbocycles. The normalized spacial score (nSPS) is 8.57. The Morgan fingerprint density at radius 1 is 1.00 bits per heavy atom. The van der Waals surface area contributed by atoms with Crippen molar-refractivity contribution < 1.29 is 54.7 Å². The molecule has 0 aromatic heterocycles. The van der Waals surface area contributed by atoms with Crippen LogP contribution in [0.2, 0.25) is 0 Å². The first-order chi connectivity index (χ1) is 2.00. The van der Waals surface area contributed by atoms with Gasteiger partial charge in [0, 0.05) is 32.7 Å². The van der Waals surface area contributed by atoms with Gasteiger partial charge in [0.1, 0.15) is 0 Å². The maximum atomic E-state index is 7.33. The van der Waals surface area contributed by atoms with Crippen molar-refractivity contribution in [3.05, 3.63) is 0 Å². The minimum atomic E-state index is -4.61. The molecule has 39 valence electrons. The molecule has 0 spiro atoms. The van der Waals surface area contributed by atoms with E-state index in [9.17, 15) is 0 Å². The molecule has 0 amide bonds. The molecule has 0 heterocycles. The zero-order valence-electron chi connectivity index (χ0n) is 5.57. The molecule has 7 heavy (non-hydrogen) atoms. The van der Waals surface area contributed by atoms with Crippen LogP contribution < -0.4 is 0 Å². The number of rotatable bonds is 0. The van der Waals surface area contributed by atoms with Crippen molar-refractivity contribution in [2.24, 2.45) is 0 Å². The summed E-state index contributed by atoms with van der Waals surface area (Å²) >= 11 is 0. The summed E-state index contributed by atoms with van der Waals surface area (Å²) in [6, 6.07) is 0. The quantitative estimate of drug-likeness (QED) is 0.364. The monoisotopic (exact) mass is 325 g/mol. The van der Waals surface area contributed by atoms with Crippen molar-refractivity contribution in [2.45, 2.75) is 0 Å². The second kappa shape index (κ2) is 6.85. The van der Waals surface area contributed by atoms with Crippen molar-refractivity contribution in [3.63, 3.8) is 0 Å². The Labute approximate surface area is 110 Å². The molecule has 0 saturated heterocycles. The van der Waals surface area contributed by atoms with Gasteiger partial charge in [-0.3, -0.25) is 0 Å². The van der Waals surface area contributed by atoms with Crippen LogP contribution >= 0.6 is 0 Å². The second-order valence-electron chi connectivity index (χ2n) is 0.600. The van der Waals surface area contributed by atoms with E-state index in [1.165, 1.54) is 0 Å². The van der Waals surface area contributed by atoms with Gasteiger partial charge in [-0.15, -0.1) is 0 Å². The van der Waals surface area contributed by atoms with Gasteiger partial charge >= 0.3 is 57.9 Å².